The molecule has 0 aliphatic heterocycles. The van der Waals surface area contributed by atoms with Crippen LogP contribution in [0, 0.1) is 12.8 Å². The van der Waals surface area contributed by atoms with E-state index in [1.165, 1.54) is 0 Å². The van der Waals surface area contributed by atoms with Crippen molar-refractivity contribution >= 4 is 28.5 Å². The third-order valence-corrected chi connectivity index (χ3v) is 7.93. The van der Waals surface area contributed by atoms with E-state index in [1.54, 1.807) is 34.6 Å². The number of fused-ring (bicyclic) bond motifs is 1. The molecule has 10 heteroatoms. The van der Waals surface area contributed by atoms with Crippen molar-refractivity contribution in [3.63, 3.8) is 0 Å². The van der Waals surface area contributed by atoms with E-state index >= 15 is 0 Å². The van der Waals surface area contributed by atoms with Gasteiger partial charge in [-0.3, -0.25) is 19.0 Å². The van der Waals surface area contributed by atoms with Gasteiger partial charge in [-0.05, 0) is 68.9 Å². The smallest absolute Gasteiger partial charge is 0.334 e. The Morgan fingerprint density at radius 2 is 1.82 bits per heavy atom. The molecule has 5 aromatic rings. The molecule has 204 valence electrons. The summed E-state index contributed by atoms with van der Waals surface area (Å²) in [5.41, 5.74) is 4.44. The van der Waals surface area contributed by atoms with Gasteiger partial charge in [-0.25, -0.2) is 14.3 Å². The number of para-hydroxylation sites is 2. The maximum absolute atomic E-state index is 13.8. The molecule has 40 heavy (non-hydrogen) atoms. The lowest BCUT2D eigenvalue weighted by molar-refractivity contribution is 0.0919. The zero-order valence-electron chi connectivity index (χ0n) is 22.4. The lowest BCUT2D eigenvalue weighted by Gasteiger charge is -2.29. The van der Waals surface area contributed by atoms with Crippen LogP contribution in [0.15, 0.2) is 71.9 Å². The summed E-state index contributed by atoms with van der Waals surface area (Å²) in [6.07, 6.45) is 8.76. The number of carbonyl (C=O) groups excluding carboxylic acids is 1. The van der Waals surface area contributed by atoms with Crippen LogP contribution in [0.3, 0.4) is 0 Å². The topological polar surface area (TPSA) is 99.6 Å². The van der Waals surface area contributed by atoms with Gasteiger partial charge in [-0.1, -0.05) is 29.8 Å². The second-order valence-corrected chi connectivity index (χ2v) is 10.9. The van der Waals surface area contributed by atoms with Crippen molar-refractivity contribution < 1.29 is 4.79 Å². The van der Waals surface area contributed by atoms with E-state index in [0.717, 1.165) is 48.0 Å². The first-order chi connectivity index (χ1) is 19.4. The molecule has 1 saturated carbocycles. The van der Waals surface area contributed by atoms with E-state index in [1.807, 2.05) is 60.3 Å². The zero-order chi connectivity index (χ0) is 27.8. The molecule has 4 heterocycles. The van der Waals surface area contributed by atoms with Crippen molar-refractivity contribution in [3.8, 4) is 17.1 Å². The number of carbonyl (C=O) groups is 1. The van der Waals surface area contributed by atoms with Gasteiger partial charge in [0.1, 0.15) is 5.82 Å². The van der Waals surface area contributed by atoms with E-state index < -0.39 is 0 Å². The SMILES string of the molecule is Cc1ncc(Cl)cc1C(=O)N[C@H]1CC[C@H](Cn2c(=O)n(-c3cccc(-c4cnn(C)c4)n3)c3ccccc32)CC1. The summed E-state index contributed by atoms with van der Waals surface area (Å²) in [6, 6.07) is 15.3. The molecule has 9 nitrogen and oxygen atoms in total. The van der Waals surface area contributed by atoms with Crippen LogP contribution < -0.4 is 11.0 Å². The number of amides is 1. The summed E-state index contributed by atoms with van der Waals surface area (Å²) >= 11 is 6.05. The van der Waals surface area contributed by atoms with Gasteiger partial charge < -0.3 is 5.32 Å². The van der Waals surface area contributed by atoms with Crippen LogP contribution in [0.4, 0.5) is 0 Å². The molecular weight excluding hydrogens is 526 g/mol. The lowest BCUT2D eigenvalue weighted by Crippen LogP contribution is -2.39. The first kappa shape index (κ1) is 26.0. The quantitative estimate of drug-likeness (QED) is 0.320. The molecule has 6 rings (SSSR count). The monoisotopic (exact) mass is 555 g/mol. The number of hydrogen-bond donors (Lipinski definition) is 1. The standard InChI is InChI=1S/C30H30ClN7O2/c1-19-24(14-22(31)16-32-19)29(39)34-23-12-10-20(11-13-23)17-37-26-7-3-4-8-27(26)38(30(37)40)28-9-5-6-25(35-28)21-15-33-36(2)18-21/h3-9,14-16,18,20,23H,10-13,17H2,1-2H3,(H,34,39)/t20-,23-. The molecule has 4 aromatic heterocycles. The molecule has 1 fully saturated rings. The molecule has 1 aromatic carbocycles. The number of halogens is 1. The molecule has 0 saturated heterocycles. The fourth-order valence-electron chi connectivity index (χ4n) is 5.62. The number of aromatic nitrogens is 6. The summed E-state index contributed by atoms with van der Waals surface area (Å²) in [6.45, 7) is 2.42. The van der Waals surface area contributed by atoms with Crippen molar-refractivity contribution in [1.82, 2.24) is 34.2 Å². The van der Waals surface area contributed by atoms with Crippen molar-refractivity contribution in [3.05, 3.63) is 93.9 Å². The normalized spacial score (nSPS) is 17.3. The van der Waals surface area contributed by atoms with Crippen LogP contribution in [-0.2, 0) is 13.6 Å². The lowest BCUT2D eigenvalue weighted by atomic mass is 9.85. The second-order valence-electron chi connectivity index (χ2n) is 10.5. The summed E-state index contributed by atoms with van der Waals surface area (Å²) in [5, 5.41) is 7.85. The van der Waals surface area contributed by atoms with Gasteiger partial charge in [0, 0.05) is 37.6 Å². The summed E-state index contributed by atoms with van der Waals surface area (Å²) in [4.78, 5) is 35.7. The molecule has 1 N–H and O–H groups in total. The Morgan fingerprint density at radius 3 is 2.58 bits per heavy atom. The van der Waals surface area contributed by atoms with Gasteiger partial charge in [0.15, 0.2) is 0 Å². The maximum Gasteiger partial charge on any atom is 0.334 e. The predicted molar refractivity (Wildman–Crippen MR) is 155 cm³/mol. The predicted octanol–water partition coefficient (Wildman–Crippen LogP) is 4.93. The van der Waals surface area contributed by atoms with E-state index in [2.05, 4.69) is 15.4 Å². The molecule has 1 aliphatic carbocycles. The molecule has 0 atom stereocenters. The average Bonchev–Trinajstić information content (AvgIpc) is 3.52. The van der Waals surface area contributed by atoms with Crippen LogP contribution in [0.25, 0.3) is 28.1 Å². The van der Waals surface area contributed by atoms with E-state index in [4.69, 9.17) is 16.6 Å². The summed E-state index contributed by atoms with van der Waals surface area (Å²) in [5.74, 6) is 0.768. The number of nitrogens with zero attached hydrogens (tertiary/aromatic N) is 6. The number of nitrogens with one attached hydrogen (secondary N) is 1. The van der Waals surface area contributed by atoms with Gasteiger partial charge in [-0.2, -0.15) is 5.10 Å². The molecule has 0 bridgehead atoms. The number of hydrogen-bond acceptors (Lipinski definition) is 5. The van der Waals surface area contributed by atoms with Crippen molar-refractivity contribution in [2.45, 2.75) is 45.2 Å². The molecule has 0 unspecified atom stereocenters. The van der Waals surface area contributed by atoms with Crippen LogP contribution in [0.5, 0.6) is 0 Å². The Balaban J connectivity index is 1.20. The Labute approximate surface area is 236 Å². The maximum atomic E-state index is 13.8. The fourth-order valence-corrected chi connectivity index (χ4v) is 5.77. The number of rotatable bonds is 6. The highest BCUT2D eigenvalue weighted by Crippen LogP contribution is 2.28. The Hall–Kier alpha value is -4.24. The van der Waals surface area contributed by atoms with Crippen molar-refractivity contribution in [2.75, 3.05) is 0 Å². The van der Waals surface area contributed by atoms with Gasteiger partial charge in [0.05, 0.1) is 39.2 Å². The van der Waals surface area contributed by atoms with Crippen LogP contribution in [0.2, 0.25) is 5.02 Å². The summed E-state index contributed by atoms with van der Waals surface area (Å²) < 4.78 is 5.30. The first-order valence-electron chi connectivity index (χ1n) is 13.5. The average molecular weight is 556 g/mol. The third kappa shape index (κ3) is 5.04. The number of benzene rings is 1. The minimum atomic E-state index is -0.142. The molecule has 0 spiro atoms. The highest BCUT2D eigenvalue weighted by molar-refractivity contribution is 6.30. The minimum absolute atomic E-state index is 0.0830. The van der Waals surface area contributed by atoms with Crippen molar-refractivity contribution in [2.24, 2.45) is 13.0 Å². The molecule has 1 aliphatic rings. The fraction of sp³-hybridized carbons (Fsp3) is 0.300. The van der Waals surface area contributed by atoms with Gasteiger partial charge >= 0.3 is 5.69 Å². The van der Waals surface area contributed by atoms with Crippen LogP contribution in [0.1, 0.15) is 41.7 Å². The number of pyridine rings is 2. The first-order valence-corrected chi connectivity index (χ1v) is 13.8. The molecular formula is C30H30ClN7O2. The van der Waals surface area contributed by atoms with E-state index in [-0.39, 0.29) is 17.6 Å². The van der Waals surface area contributed by atoms with Crippen LogP contribution >= 0.6 is 11.6 Å². The highest BCUT2D eigenvalue weighted by Gasteiger charge is 2.26. The minimum Gasteiger partial charge on any atom is -0.349 e. The van der Waals surface area contributed by atoms with E-state index in [9.17, 15) is 9.59 Å². The summed E-state index contributed by atoms with van der Waals surface area (Å²) in [7, 11) is 1.87. The van der Waals surface area contributed by atoms with Gasteiger partial charge in [-0.15, -0.1) is 0 Å². The second kappa shape index (κ2) is 10.7. The Bertz CT molecular complexity index is 1760. The van der Waals surface area contributed by atoms with Gasteiger partial charge in [0.2, 0.25) is 0 Å². The third-order valence-electron chi connectivity index (χ3n) is 7.72. The highest BCUT2D eigenvalue weighted by atomic mass is 35.5. The number of imidazole rings is 1. The van der Waals surface area contributed by atoms with Gasteiger partial charge in [0.25, 0.3) is 5.91 Å². The number of aryl methyl sites for hydroxylation is 2. The Morgan fingerprint density at radius 1 is 1.05 bits per heavy atom. The van der Waals surface area contributed by atoms with Crippen molar-refractivity contribution in [1.29, 1.82) is 0 Å². The molecule has 0 radical (unpaired) electrons. The Kier molecular flexibility index (Phi) is 6.98. The molecule has 1 amide bonds. The van der Waals surface area contributed by atoms with Crippen LogP contribution in [-0.4, -0.2) is 40.8 Å². The zero-order valence-corrected chi connectivity index (χ0v) is 23.2. The van der Waals surface area contributed by atoms with E-state index in [0.29, 0.717) is 34.6 Å². The largest absolute Gasteiger partial charge is 0.349 e.